The number of thiazole rings is 1. The van der Waals surface area contributed by atoms with Crippen molar-refractivity contribution >= 4 is 23.0 Å². The molecule has 0 radical (unpaired) electrons. The van der Waals surface area contributed by atoms with Gasteiger partial charge in [0.15, 0.2) is 0 Å². The van der Waals surface area contributed by atoms with Crippen LogP contribution in [0.2, 0.25) is 0 Å². The lowest BCUT2D eigenvalue weighted by Gasteiger charge is -2.26. The van der Waals surface area contributed by atoms with E-state index in [1.54, 1.807) is 17.5 Å². The Kier molecular flexibility index (Phi) is 5.45. The number of nitrogens with two attached hydrogens (primary N) is 1. The van der Waals surface area contributed by atoms with Crippen molar-refractivity contribution in [1.82, 2.24) is 15.0 Å². The highest BCUT2D eigenvalue weighted by Crippen LogP contribution is 2.39. The van der Waals surface area contributed by atoms with Crippen molar-refractivity contribution in [2.24, 2.45) is 11.7 Å². The Balaban J connectivity index is 1.49. The molecule has 0 saturated heterocycles. The molecule has 1 saturated carbocycles. The molecule has 0 spiro atoms. The maximum Gasteiger partial charge on any atom is 0.132 e. The molecule has 1 aliphatic rings. The Morgan fingerprint density at radius 3 is 2.74 bits per heavy atom. The monoisotopic (exact) mass is 379 g/mol. The summed E-state index contributed by atoms with van der Waals surface area (Å²) in [5, 5.41) is 4.52. The summed E-state index contributed by atoms with van der Waals surface area (Å²) in [6, 6.07) is 10.0. The third-order valence-electron chi connectivity index (χ3n) is 5.23. The number of nitrogens with one attached hydrogen (secondary N) is 1. The Morgan fingerprint density at radius 1 is 1.11 bits per heavy atom. The SMILES string of the molecule is Cc1ccnc(Nc2cccc(-c3cnc([C@H]4CC[C@H](CN)CC4)s3)n2)c1. The van der Waals surface area contributed by atoms with E-state index in [9.17, 15) is 0 Å². The van der Waals surface area contributed by atoms with Gasteiger partial charge in [0.25, 0.3) is 0 Å². The first kappa shape index (κ1) is 18.1. The van der Waals surface area contributed by atoms with Crippen LogP contribution in [0.4, 0.5) is 11.6 Å². The van der Waals surface area contributed by atoms with Crippen molar-refractivity contribution in [2.75, 3.05) is 11.9 Å². The van der Waals surface area contributed by atoms with Gasteiger partial charge >= 0.3 is 0 Å². The molecule has 5 nitrogen and oxygen atoms in total. The summed E-state index contributed by atoms with van der Waals surface area (Å²) in [5.41, 5.74) is 7.93. The molecular weight excluding hydrogens is 354 g/mol. The zero-order valence-corrected chi connectivity index (χ0v) is 16.4. The lowest BCUT2D eigenvalue weighted by atomic mass is 9.82. The largest absolute Gasteiger partial charge is 0.330 e. The second-order valence-electron chi connectivity index (χ2n) is 7.27. The van der Waals surface area contributed by atoms with Crippen LogP contribution in [-0.4, -0.2) is 21.5 Å². The fraction of sp³-hybridized carbons (Fsp3) is 0.381. The molecule has 3 aromatic heterocycles. The van der Waals surface area contributed by atoms with Gasteiger partial charge in [-0.2, -0.15) is 0 Å². The molecule has 0 aliphatic heterocycles. The predicted octanol–water partition coefficient (Wildman–Crippen LogP) is 4.88. The molecule has 0 aromatic carbocycles. The van der Waals surface area contributed by atoms with Crippen molar-refractivity contribution < 1.29 is 0 Å². The number of anilines is 2. The third kappa shape index (κ3) is 4.34. The molecular formula is C21H25N5S. The molecule has 4 rings (SSSR count). The molecule has 3 heterocycles. The highest BCUT2D eigenvalue weighted by molar-refractivity contribution is 7.15. The Morgan fingerprint density at radius 2 is 1.96 bits per heavy atom. The molecule has 0 bridgehead atoms. The standard InChI is InChI=1S/C21H25N5S/c1-14-9-10-23-20(11-14)26-19-4-2-3-17(25-19)18-13-24-21(27-18)16-7-5-15(12-22)6-8-16/h2-4,9-11,13,15-16H,5-8,12,22H2,1H3,(H,23,25,26)/t15-,16-. The molecule has 0 amide bonds. The Labute approximate surface area is 164 Å². The van der Waals surface area contributed by atoms with Crippen LogP contribution in [0.3, 0.4) is 0 Å². The molecule has 0 unspecified atom stereocenters. The average molecular weight is 380 g/mol. The lowest BCUT2D eigenvalue weighted by Crippen LogP contribution is -2.20. The third-order valence-corrected chi connectivity index (χ3v) is 6.41. The topological polar surface area (TPSA) is 76.7 Å². The molecule has 3 aromatic rings. The zero-order chi connectivity index (χ0) is 18.6. The highest BCUT2D eigenvalue weighted by atomic mass is 32.1. The quantitative estimate of drug-likeness (QED) is 0.660. The van der Waals surface area contributed by atoms with E-state index < -0.39 is 0 Å². The van der Waals surface area contributed by atoms with Crippen molar-refractivity contribution in [3.8, 4) is 10.6 Å². The molecule has 140 valence electrons. The van der Waals surface area contributed by atoms with Crippen LogP contribution < -0.4 is 11.1 Å². The highest BCUT2D eigenvalue weighted by Gasteiger charge is 2.24. The van der Waals surface area contributed by atoms with E-state index in [1.807, 2.05) is 36.5 Å². The smallest absolute Gasteiger partial charge is 0.132 e. The predicted molar refractivity (Wildman–Crippen MR) is 111 cm³/mol. The van der Waals surface area contributed by atoms with Gasteiger partial charge in [-0.1, -0.05) is 6.07 Å². The van der Waals surface area contributed by atoms with E-state index in [0.717, 1.165) is 28.8 Å². The first-order valence-electron chi connectivity index (χ1n) is 9.54. The molecule has 1 fully saturated rings. The van der Waals surface area contributed by atoms with E-state index in [2.05, 4.69) is 17.2 Å². The summed E-state index contributed by atoms with van der Waals surface area (Å²) in [6.07, 6.45) is 8.60. The molecule has 1 aliphatic carbocycles. The van der Waals surface area contributed by atoms with Crippen LogP contribution in [0, 0.1) is 12.8 Å². The first-order chi connectivity index (χ1) is 13.2. The minimum absolute atomic E-state index is 0.573. The van der Waals surface area contributed by atoms with Gasteiger partial charge in [0.05, 0.1) is 15.6 Å². The van der Waals surface area contributed by atoms with Gasteiger partial charge in [-0.15, -0.1) is 11.3 Å². The van der Waals surface area contributed by atoms with E-state index in [0.29, 0.717) is 11.8 Å². The van der Waals surface area contributed by atoms with Crippen molar-refractivity contribution in [1.29, 1.82) is 0 Å². The number of aryl methyl sites for hydroxylation is 1. The van der Waals surface area contributed by atoms with Gasteiger partial charge in [-0.25, -0.2) is 15.0 Å². The minimum atomic E-state index is 0.573. The number of nitrogens with zero attached hydrogens (tertiary/aromatic N) is 3. The molecule has 3 N–H and O–H groups in total. The van der Waals surface area contributed by atoms with Crippen molar-refractivity contribution in [2.45, 2.75) is 38.5 Å². The summed E-state index contributed by atoms with van der Waals surface area (Å²) in [5.74, 6) is 2.87. The number of pyridine rings is 2. The van der Waals surface area contributed by atoms with E-state index in [4.69, 9.17) is 15.7 Å². The average Bonchev–Trinajstić information content (AvgIpc) is 3.19. The number of hydrogen-bond acceptors (Lipinski definition) is 6. The summed E-state index contributed by atoms with van der Waals surface area (Å²) in [4.78, 5) is 14.9. The summed E-state index contributed by atoms with van der Waals surface area (Å²) < 4.78 is 0. The number of hydrogen-bond donors (Lipinski definition) is 2. The maximum absolute atomic E-state index is 5.81. The van der Waals surface area contributed by atoms with Gasteiger partial charge < -0.3 is 11.1 Å². The fourth-order valence-corrected chi connectivity index (χ4v) is 4.67. The van der Waals surface area contributed by atoms with Crippen LogP contribution in [0.25, 0.3) is 10.6 Å². The van der Waals surface area contributed by atoms with E-state index in [1.165, 1.54) is 36.3 Å². The Hall–Kier alpha value is -2.31. The summed E-state index contributed by atoms with van der Waals surface area (Å²) in [7, 11) is 0. The molecule has 0 atom stereocenters. The van der Waals surface area contributed by atoms with Crippen LogP contribution in [0.15, 0.2) is 42.7 Å². The van der Waals surface area contributed by atoms with Crippen LogP contribution in [-0.2, 0) is 0 Å². The van der Waals surface area contributed by atoms with Crippen molar-refractivity contribution in [3.63, 3.8) is 0 Å². The second-order valence-corrected chi connectivity index (χ2v) is 8.33. The van der Waals surface area contributed by atoms with Gasteiger partial charge in [0.2, 0.25) is 0 Å². The van der Waals surface area contributed by atoms with E-state index >= 15 is 0 Å². The molecule has 6 heteroatoms. The summed E-state index contributed by atoms with van der Waals surface area (Å²) >= 11 is 1.77. The van der Waals surface area contributed by atoms with Gasteiger partial charge in [0, 0.05) is 18.3 Å². The van der Waals surface area contributed by atoms with Crippen LogP contribution >= 0.6 is 11.3 Å². The van der Waals surface area contributed by atoms with Crippen LogP contribution in [0.5, 0.6) is 0 Å². The van der Waals surface area contributed by atoms with E-state index in [-0.39, 0.29) is 0 Å². The maximum atomic E-state index is 5.81. The Bertz CT molecular complexity index is 899. The van der Waals surface area contributed by atoms with Crippen LogP contribution in [0.1, 0.15) is 42.2 Å². The normalized spacial score (nSPS) is 19.8. The van der Waals surface area contributed by atoms with Crippen molar-refractivity contribution in [3.05, 3.63) is 53.3 Å². The second kappa shape index (κ2) is 8.15. The number of aromatic nitrogens is 3. The first-order valence-corrected chi connectivity index (χ1v) is 10.4. The summed E-state index contributed by atoms with van der Waals surface area (Å²) in [6.45, 7) is 2.87. The number of rotatable bonds is 5. The van der Waals surface area contributed by atoms with Gasteiger partial charge in [-0.3, -0.25) is 0 Å². The van der Waals surface area contributed by atoms with Gasteiger partial charge in [0.1, 0.15) is 11.6 Å². The van der Waals surface area contributed by atoms with Gasteiger partial charge in [-0.05, 0) is 74.9 Å². The zero-order valence-electron chi connectivity index (χ0n) is 15.6. The molecule has 27 heavy (non-hydrogen) atoms. The fourth-order valence-electron chi connectivity index (χ4n) is 3.62. The minimum Gasteiger partial charge on any atom is -0.330 e. The lowest BCUT2D eigenvalue weighted by molar-refractivity contribution is 0.332.